The van der Waals surface area contributed by atoms with E-state index in [4.69, 9.17) is 0 Å². The van der Waals surface area contributed by atoms with Crippen LogP contribution < -0.4 is 0 Å². The highest BCUT2D eigenvalue weighted by Crippen LogP contribution is 2.31. The zero-order valence-electron chi connectivity index (χ0n) is 13.0. The SMILES string of the molecule is C[C@@H]1CN(C(=O)c2cc3c(s2)CCCCCC3)C[C@H]1C(=O)O. The molecule has 2 heterocycles. The Kier molecular flexibility index (Phi) is 4.52. The molecule has 22 heavy (non-hydrogen) atoms. The van der Waals surface area contributed by atoms with Crippen LogP contribution in [0.4, 0.5) is 0 Å². The van der Waals surface area contributed by atoms with Crippen LogP contribution in [0.5, 0.6) is 0 Å². The fraction of sp³-hybridized carbons (Fsp3) is 0.647. The van der Waals surface area contributed by atoms with E-state index >= 15 is 0 Å². The van der Waals surface area contributed by atoms with Crippen molar-refractivity contribution in [3.05, 3.63) is 21.4 Å². The van der Waals surface area contributed by atoms with Gasteiger partial charge in [0.05, 0.1) is 10.8 Å². The summed E-state index contributed by atoms with van der Waals surface area (Å²) in [6, 6.07) is 2.06. The minimum atomic E-state index is -0.791. The van der Waals surface area contributed by atoms with Crippen molar-refractivity contribution in [1.82, 2.24) is 4.90 Å². The quantitative estimate of drug-likeness (QED) is 0.910. The molecule has 1 saturated heterocycles. The lowest BCUT2D eigenvalue weighted by Crippen LogP contribution is -2.29. The maximum atomic E-state index is 12.7. The van der Waals surface area contributed by atoms with Crippen LogP contribution in [0.25, 0.3) is 0 Å². The molecule has 1 fully saturated rings. The molecular weight excluding hydrogens is 298 g/mol. The summed E-state index contributed by atoms with van der Waals surface area (Å²) in [7, 11) is 0. The first-order chi connectivity index (χ1) is 10.6. The Labute approximate surface area is 135 Å². The fourth-order valence-electron chi connectivity index (χ4n) is 3.56. The van der Waals surface area contributed by atoms with Crippen molar-refractivity contribution in [3.63, 3.8) is 0 Å². The van der Waals surface area contributed by atoms with Gasteiger partial charge in [0.1, 0.15) is 0 Å². The van der Waals surface area contributed by atoms with E-state index in [0.717, 1.165) is 17.7 Å². The number of amides is 1. The van der Waals surface area contributed by atoms with Crippen LogP contribution in [0.3, 0.4) is 0 Å². The molecule has 1 amide bonds. The monoisotopic (exact) mass is 321 g/mol. The Morgan fingerprint density at radius 2 is 1.91 bits per heavy atom. The molecule has 0 spiro atoms. The van der Waals surface area contributed by atoms with Crippen molar-refractivity contribution >= 4 is 23.2 Å². The largest absolute Gasteiger partial charge is 0.481 e. The molecule has 2 aliphatic rings. The number of carboxylic acids is 1. The van der Waals surface area contributed by atoms with Gasteiger partial charge in [-0.2, -0.15) is 0 Å². The molecule has 3 rings (SSSR count). The van der Waals surface area contributed by atoms with E-state index < -0.39 is 11.9 Å². The summed E-state index contributed by atoms with van der Waals surface area (Å²) in [6.45, 7) is 2.82. The minimum absolute atomic E-state index is 0.0207. The number of aryl methyl sites for hydroxylation is 2. The fourth-order valence-corrected chi connectivity index (χ4v) is 4.78. The molecule has 2 atom stereocenters. The van der Waals surface area contributed by atoms with Crippen molar-refractivity contribution in [2.45, 2.75) is 45.4 Å². The molecule has 4 nitrogen and oxygen atoms in total. The predicted octanol–water partition coefficient (Wildman–Crippen LogP) is 3.20. The summed E-state index contributed by atoms with van der Waals surface area (Å²) < 4.78 is 0. The first-order valence-corrected chi connectivity index (χ1v) is 9.01. The van der Waals surface area contributed by atoms with E-state index in [1.165, 1.54) is 36.1 Å². The summed E-state index contributed by atoms with van der Waals surface area (Å²) in [5.41, 5.74) is 1.34. The second-order valence-electron chi connectivity index (χ2n) is 6.61. The van der Waals surface area contributed by atoms with Gasteiger partial charge in [-0.25, -0.2) is 0 Å². The van der Waals surface area contributed by atoms with Crippen LogP contribution in [-0.2, 0) is 17.6 Å². The first-order valence-electron chi connectivity index (χ1n) is 8.20. The van der Waals surface area contributed by atoms with E-state index in [-0.39, 0.29) is 11.8 Å². The second kappa shape index (κ2) is 6.41. The van der Waals surface area contributed by atoms with Crippen LogP contribution in [0.15, 0.2) is 6.07 Å². The maximum Gasteiger partial charge on any atom is 0.308 e. The predicted molar refractivity (Wildman–Crippen MR) is 86.4 cm³/mol. The summed E-state index contributed by atoms with van der Waals surface area (Å²) in [6.07, 6.45) is 7.14. The van der Waals surface area contributed by atoms with Gasteiger partial charge in [0.2, 0.25) is 0 Å². The first kappa shape index (κ1) is 15.5. The average Bonchev–Trinajstić information content (AvgIpc) is 3.02. The highest BCUT2D eigenvalue weighted by atomic mass is 32.1. The Bertz CT molecular complexity index is 555. The van der Waals surface area contributed by atoms with Gasteiger partial charge in [-0.15, -0.1) is 11.3 Å². The number of likely N-dealkylation sites (tertiary alicyclic amines) is 1. The third-order valence-corrected chi connectivity index (χ3v) is 6.15. The van der Waals surface area contributed by atoms with E-state index in [1.54, 1.807) is 16.2 Å². The van der Waals surface area contributed by atoms with E-state index in [9.17, 15) is 14.7 Å². The standard InChI is InChI=1S/C17H23NO3S/c1-11-9-18(10-13(11)17(20)21)16(19)15-8-12-6-4-2-3-5-7-14(12)22-15/h8,11,13H,2-7,9-10H2,1H3,(H,20,21)/t11-,13-/m1/s1. The van der Waals surface area contributed by atoms with Gasteiger partial charge in [0, 0.05) is 18.0 Å². The Morgan fingerprint density at radius 1 is 1.18 bits per heavy atom. The lowest BCUT2D eigenvalue weighted by atomic mass is 9.99. The van der Waals surface area contributed by atoms with Gasteiger partial charge < -0.3 is 10.0 Å². The van der Waals surface area contributed by atoms with Gasteiger partial charge in [0.15, 0.2) is 0 Å². The van der Waals surface area contributed by atoms with Crippen LogP contribution in [-0.4, -0.2) is 35.0 Å². The number of fused-ring (bicyclic) bond motifs is 1. The van der Waals surface area contributed by atoms with Gasteiger partial charge in [-0.3, -0.25) is 9.59 Å². The molecule has 1 aromatic rings. The lowest BCUT2D eigenvalue weighted by Gasteiger charge is -2.14. The topological polar surface area (TPSA) is 57.6 Å². The number of thiophene rings is 1. The second-order valence-corrected chi connectivity index (χ2v) is 7.74. The van der Waals surface area contributed by atoms with Crippen LogP contribution in [0.1, 0.15) is 52.7 Å². The molecule has 1 N–H and O–H groups in total. The molecule has 0 bridgehead atoms. The molecular formula is C17H23NO3S. The third kappa shape index (κ3) is 3.05. The Morgan fingerprint density at radius 3 is 2.59 bits per heavy atom. The number of hydrogen-bond donors (Lipinski definition) is 1. The summed E-state index contributed by atoms with van der Waals surface area (Å²) in [5, 5.41) is 9.21. The van der Waals surface area contributed by atoms with Crippen LogP contribution in [0.2, 0.25) is 0 Å². The number of carboxylic acid groups (broad SMARTS) is 1. The maximum absolute atomic E-state index is 12.7. The highest BCUT2D eigenvalue weighted by Gasteiger charge is 2.37. The zero-order chi connectivity index (χ0) is 15.7. The normalized spacial score (nSPS) is 25.4. The molecule has 1 aromatic heterocycles. The number of aliphatic carboxylic acids is 1. The van der Waals surface area contributed by atoms with Crippen molar-refractivity contribution < 1.29 is 14.7 Å². The molecule has 120 valence electrons. The number of carbonyl (C=O) groups is 2. The molecule has 1 aliphatic heterocycles. The van der Waals surface area contributed by atoms with E-state index in [2.05, 4.69) is 6.07 Å². The summed E-state index contributed by atoms with van der Waals surface area (Å²) >= 11 is 1.63. The summed E-state index contributed by atoms with van der Waals surface area (Å²) in [4.78, 5) is 27.8. The average molecular weight is 321 g/mol. The Balaban J connectivity index is 1.75. The van der Waals surface area contributed by atoms with Crippen molar-refractivity contribution in [3.8, 4) is 0 Å². The van der Waals surface area contributed by atoms with Crippen LogP contribution in [0, 0.1) is 11.8 Å². The number of rotatable bonds is 2. The van der Waals surface area contributed by atoms with Crippen LogP contribution >= 0.6 is 11.3 Å². The minimum Gasteiger partial charge on any atom is -0.481 e. The van der Waals surface area contributed by atoms with Crippen molar-refractivity contribution in [2.24, 2.45) is 11.8 Å². The number of nitrogens with zero attached hydrogens (tertiary/aromatic N) is 1. The van der Waals surface area contributed by atoms with Gasteiger partial charge in [-0.1, -0.05) is 19.8 Å². The third-order valence-electron chi connectivity index (χ3n) is 4.92. The molecule has 0 saturated carbocycles. The van der Waals surface area contributed by atoms with Crippen molar-refractivity contribution in [1.29, 1.82) is 0 Å². The van der Waals surface area contributed by atoms with E-state index in [0.29, 0.717) is 13.1 Å². The Hall–Kier alpha value is -1.36. The molecule has 0 aromatic carbocycles. The van der Waals surface area contributed by atoms with Gasteiger partial charge in [0.25, 0.3) is 5.91 Å². The molecule has 0 radical (unpaired) electrons. The van der Waals surface area contributed by atoms with Gasteiger partial charge in [-0.05, 0) is 43.2 Å². The van der Waals surface area contributed by atoms with Gasteiger partial charge >= 0.3 is 5.97 Å². The lowest BCUT2D eigenvalue weighted by molar-refractivity contribution is -0.142. The smallest absolute Gasteiger partial charge is 0.308 e. The molecule has 1 aliphatic carbocycles. The molecule has 0 unspecified atom stereocenters. The highest BCUT2D eigenvalue weighted by molar-refractivity contribution is 7.14. The number of hydrogen-bond acceptors (Lipinski definition) is 3. The number of carbonyl (C=O) groups excluding carboxylic acids is 1. The zero-order valence-corrected chi connectivity index (χ0v) is 13.8. The van der Waals surface area contributed by atoms with E-state index in [1.807, 2.05) is 6.92 Å². The van der Waals surface area contributed by atoms with Crippen molar-refractivity contribution in [2.75, 3.05) is 13.1 Å². The molecule has 5 heteroatoms. The summed E-state index contributed by atoms with van der Waals surface area (Å²) in [5.74, 6) is -1.17.